The van der Waals surface area contributed by atoms with E-state index in [2.05, 4.69) is 9.44 Å². The van der Waals surface area contributed by atoms with Crippen LogP contribution < -0.4 is 0 Å². The molecule has 10 nitrogen and oxygen atoms in total. The van der Waals surface area contributed by atoms with E-state index in [1.807, 2.05) is 0 Å². The summed E-state index contributed by atoms with van der Waals surface area (Å²) >= 11 is 0. The summed E-state index contributed by atoms with van der Waals surface area (Å²) in [5, 5.41) is 3.42. The van der Waals surface area contributed by atoms with E-state index in [1.54, 1.807) is 51.1 Å². The summed E-state index contributed by atoms with van der Waals surface area (Å²) in [5.41, 5.74) is 0.0877. The van der Waals surface area contributed by atoms with Crippen molar-refractivity contribution in [1.29, 1.82) is 0 Å². The minimum Gasteiger partial charge on any atom is -0.465 e. The van der Waals surface area contributed by atoms with Crippen molar-refractivity contribution in [2.24, 2.45) is 11.1 Å². The van der Waals surface area contributed by atoms with Crippen LogP contribution in [0.25, 0.3) is 0 Å². The molecule has 0 radical (unpaired) electrons. The van der Waals surface area contributed by atoms with Crippen molar-refractivity contribution in [3.8, 4) is 0 Å². The Balaban J connectivity index is 3.51. The van der Waals surface area contributed by atoms with Gasteiger partial charge in [-0.3, -0.25) is 13.9 Å². The van der Waals surface area contributed by atoms with E-state index in [1.165, 1.54) is 0 Å². The van der Waals surface area contributed by atoms with Gasteiger partial charge in [-0.25, -0.2) is 4.79 Å². The number of carbonyl (C=O) groups is 3. The van der Waals surface area contributed by atoms with Crippen molar-refractivity contribution < 1.29 is 41.3 Å². The van der Waals surface area contributed by atoms with E-state index in [4.69, 9.17) is 14.2 Å². The second-order valence-corrected chi connectivity index (χ2v) is 7.80. The molecule has 31 heavy (non-hydrogen) atoms. The molecule has 0 saturated carbocycles. The summed E-state index contributed by atoms with van der Waals surface area (Å²) in [6.07, 6.45) is 0.411. The average molecular weight is 458 g/mol. The normalized spacial score (nSPS) is 12.7. The van der Waals surface area contributed by atoms with Gasteiger partial charge >= 0.3 is 28.0 Å². The Morgan fingerprint density at radius 1 is 0.903 bits per heavy atom. The van der Waals surface area contributed by atoms with Gasteiger partial charge in [0.15, 0.2) is 11.6 Å². The lowest BCUT2D eigenvalue weighted by Crippen LogP contribution is -2.35. The fourth-order valence-corrected chi connectivity index (χ4v) is 2.94. The third-order valence-electron chi connectivity index (χ3n) is 3.92. The van der Waals surface area contributed by atoms with Crippen molar-refractivity contribution in [2.45, 2.75) is 33.1 Å². The third kappa shape index (κ3) is 8.75. The Morgan fingerprint density at radius 3 is 1.87 bits per heavy atom. The number of hydrogen-bond acceptors (Lipinski definition) is 10. The zero-order valence-electron chi connectivity index (χ0n) is 17.9. The van der Waals surface area contributed by atoms with Crippen LogP contribution >= 0.6 is 0 Å². The predicted molar refractivity (Wildman–Crippen MR) is 111 cm³/mol. The highest BCUT2D eigenvalue weighted by Gasteiger charge is 2.40. The number of carbonyl (C=O) groups excluding carboxylic acids is 3. The molecule has 0 spiro atoms. The van der Waals surface area contributed by atoms with Gasteiger partial charge in [0, 0.05) is 12.3 Å². The summed E-state index contributed by atoms with van der Waals surface area (Å²) in [5.74, 6) is -5.03. The van der Waals surface area contributed by atoms with E-state index in [-0.39, 0.29) is 26.2 Å². The fourth-order valence-electron chi connectivity index (χ4n) is 2.71. The van der Waals surface area contributed by atoms with Crippen LogP contribution in [0.1, 0.15) is 38.7 Å². The minimum absolute atomic E-state index is 0.00802. The van der Waals surface area contributed by atoms with Crippen molar-refractivity contribution in [1.82, 2.24) is 0 Å². The average Bonchev–Trinajstić information content (AvgIpc) is 2.70. The molecule has 1 aromatic carbocycles. The van der Waals surface area contributed by atoms with Gasteiger partial charge in [0.25, 0.3) is 0 Å². The van der Waals surface area contributed by atoms with Gasteiger partial charge in [0.2, 0.25) is 0 Å². The number of rotatable bonds is 12. The van der Waals surface area contributed by atoms with Crippen LogP contribution in [0.5, 0.6) is 0 Å². The molecule has 0 aromatic heterocycles. The van der Waals surface area contributed by atoms with Gasteiger partial charge in [0.1, 0.15) is 0 Å². The Morgan fingerprint density at radius 2 is 1.42 bits per heavy atom. The molecule has 0 aliphatic rings. The monoisotopic (exact) mass is 457 g/mol. The standard InChI is InChI=1S/C20H27NO9S/c1-5-27-18(22)16(21-30-31(4,25)26)13-15(14-11-9-8-10-12-14)17(19(23)28-6-2)20(24)29-7-3/h8-12,15,17H,5-7,13H2,1-4H3/b21-16-. The number of hydrogen-bond donors (Lipinski definition) is 0. The molecule has 1 atom stereocenters. The molecule has 0 fully saturated rings. The number of nitrogens with zero attached hydrogens (tertiary/aromatic N) is 1. The second kappa shape index (κ2) is 12.7. The summed E-state index contributed by atoms with van der Waals surface area (Å²) < 4.78 is 42.2. The predicted octanol–water partition coefficient (Wildman–Crippen LogP) is 1.80. The maximum atomic E-state index is 12.7. The summed E-state index contributed by atoms with van der Waals surface area (Å²) in [6.45, 7) is 4.76. The third-order valence-corrected chi connectivity index (χ3v) is 4.26. The smallest absolute Gasteiger partial charge is 0.356 e. The molecule has 1 aromatic rings. The first kappa shape index (κ1) is 26.1. The highest BCUT2D eigenvalue weighted by atomic mass is 32.2. The molecular weight excluding hydrogens is 430 g/mol. The molecule has 0 bridgehead atoms. The first-order chi connectivity index (χ1) is 14.6. The first-order valence-electron chi connectivity index (χ1n) is 9.65. The van der Waals surface area contributed by atoms with Crippen LogP contribution in [0, 0.1) is 5.92 Å². The number of oxime groups is 1. The molecule has 0 aliphatic heterocycles. The zero-order valence-corrected chi connectivity index (χ0v) is 18.7. The van der Waals surface area contributed by atoms with Gasteiger partial charge in [-0.05, 0) is 26.3 Å². The van der Waals surface area contributed by atoms with Crippen molar-refractivity contribution >= 4 is 33.7 Å². The molecule has 0 saturated heterocycles. The summed E-state index contributed by atoms with van der Waals surface area (Å²) in [6, 6.07) is 8.40. The van der Waals surface area contributed by atoms with E-state index < -0.39 is 45.6 Å². The maximum Gasteiger partial charge on any atom is 0.356 e. The second-order valence-electron chi connectivity index (χ2n) is 6.24. The lowest BCUT2D eigenvalue weighted by Gasteiger charge is -2.24. The van der Waals surface area contributed by atoms with Crippen LogP contribution in [0.3, 0.4) is 0 Å². The van der Waals surface area contributed by atoms with E-state index in [0.717, 1.165) is 6.26 Å². The Bertz CT molecular complexity index is 863. The highest BCUT2D eigenvalue weighted by molar-refractivity contribution is 7.85. The van der Waals surface area contributed by atoms with Crippen LogP contribution in [0.15, 0.2) is 35.5 Å². The van der Waals surface area contributed by atoms with Gasteiger partial charge < -0.3 is 14.2 Å². The highest BCUT2D eigenvalue weighted by Crippen LogP contribution is 2.31. The molecule has 11 heteroatoms. The zero-order chi connectivity index (χ0) is 23.4. The molecule has 1 rings (SSSR count). The van der Waals surface area contributed by atoms with E-state index in [0.29, 0.717) is 5.56 Å². The van der Waals surface area contributed by atoms with Gasteiger partial charge in [-0.1, -0.05) is 35.5 Å². The van der Waals surface area contributed by atoms with Gasteiger partial charge in [-0.2, -0.15) is 8.42 Å². The number of esters is 3. The summed E-state index contributed by atoms with van der Waals surface area (Å²) in [7, 11) is -4.02. The molecule has 1 unspecified atom stereocenters. The van der Waals surface area contributed by atoms with E-state index in [9.17, 15) is 22.8 Å². The molecular formula is C20H27NO9S. The molecule has 0 amide bonds. The van der Waals surface area contributed by atoms with Gasteiger partial charge in [-0.15, -0.1) is 0 Å². The van der Waals surface area contributed by atoms with Crippen LogP contribution in [0.2, 0.25) is 0 Å². The van der Waals surface area contributed by atoms with E-state index >= 15 is 0 Å². The Labute approximate surface area is 181 Å². The number of ether oxygens (including phenoxy) is 3. The lowest BCUT2D eigenvalue weighted by atomic mass is 9.82. The topological polar surface area (TPSA) is 135 Å². The van der Waals surface area contributed by atoms with Crippen LogP contribution in [-0.2, 0) is 43.0 Å². The maximum absolute atomic E-state index is 12.7. The first-order valence-corrected chi connectivity index (χ1v) is 11.5. The minimum atomic E-state index is -4.02. The Kier molecular flexibility index (Phi) is 10.7. The van der Waals surface area contributed by atoms with Crippen LogP contribution in [-0.4, -0.2) is 58.1 Å². The quantitative estimate of drug-likeness (QED) is 0.151. The number of benzene rings is 1. The largest absolute Gasteiger partial charge is 0.465 e. The Hall–Kier alpha value is -2.95. The molecule has 0 heterocycles. The van der Waals surface area contributed by atoms with Gasteiger partial charge in [0.05, 0.1) is 26.1 Å². The fraction of sp³-hybridized carbons (Fsp3) is 0.500. The summed E-state index contributed by atoms with van der Waals surface area (Å²) in [4.78, 5) is 37.7. The van der Waals surface area contributed by atoms with Crippen molar-refractivity contribution in [3.05, 3.63) is 35.9 Å². The molecule has 172 valence electrons. The van der Waals surface area contributed by atoms with Crippen molar-refractivity contribution in [3.63, 3.8) is 0 Å². The lowest BCUT2D eigenvalue weighted by molar-refractivity contribution is -0.162. The molecule has 0 aliphatic carbocycles. The SMILES string of the molecule is CCOC(=O)/C(CC(c1ccccc1)C(C(=O)OCC)C(=O)OCC)=N\OS(C)(=O)=O. The van der Waals surface area contributed by atoms with Crippen molar-refractivity contribution in [2.75, 3.05) is 26.1 Å². The molecule has 0 N–H and O–H groups in total. The van der Waals surface area contributed by atoms with Crippen LogP contribution in [0.4, 0.5) is 0 Å².